The van der Waals surface area contributed by atoms with Gasteiger partial charge in [0.15, 0.2) is 0 Å². The van der Waals surface area contributed by atoms with Crippen LogP contribution in [0.1, 0.15) is 46.0 Å². The average Bonchev–Trinajstić information content (AvgIpc) is 3.29. The van der Waals surface area contributed by atoms with E-state index in [0.29, 0.717) is 25.9 Å². The molecule has 1 spiro atoms. The molecule has 2 N–H and O–H groups in total. The monoisotopic (exact) mass is 438 g/mol. The Hall–Kier alpha value is -1.54. The lowest BCUT2D eigenvalue weighted by Gasteiger charge is -2.40. The molecule has 0 radical (unpaired) electrons. The van der Waals surface area contributed by atoms with E-state index in [1.165, 1.54) is 0 Å². The molecule has 0 saturated carbocycles. The first-order valence-corrected chi connectivity index (χ1v) is 11.9. The van der Waals surface area contributed by atoms with E-state index < -0.39 is 28.6 Å². The number of aliphatic hydroxyl groups is 1. The van der Waals surface area contributed by atoms with Crippen LogP contribution in [0.2, 0.25) is 0 Å². The molecule has 3 heterocycles. The molecule has 3 aliphatic heterocycles. The topological polar surface area (TPSA) is 98.2 Å². The quantitative estimate of drug-likeness (QED) is 0.378. The molecule has 0 aliphatic carbocycles. The Bertz CT molecular complexity index is 701. The third-order valence-corrected chi connectivity index (χ3v) is 9.09. The van der Waals surface area contributed by atoms with Crippen molar-refractivity contribution in [3.8, 4) is 0 Å². The number of carbonyl (C=O) groups is 3. The molecule has 6 atom stereocenters. The molecule has 0 aromatic rings. The van der Waals surface area contributed by atoms with Gasteiger partial charge in [-0.15, -0.1) is 18.3 Å². The van der Waals surface area contributed by atoms with Gasteiger partial charge in [-0.3, -0.25) is 14.4 Å². The summed E-state index contributed by atoms with van der Waals surface area (Å²) in [7, 11) is 0. The average molecular weight is 439 g/mol. The van der Waals surface area contributed by atoms with Crippen LogP contribution in [0.15, 0.2) is 12.7 Å². The number of rotatable bonds is 11. The molecule has 3 aliphatic rings. The molecule has 3 rings (SSSR count). The van der Waals surface area contributed by atoms with Crippen LogP contribution >= 0.6 is 11.8 Å². The summed E-state index contributed by atoms with van der Waals surface area (Å²) >= 11 is 1.56. The van der Waals surface area contributed by atoms with Crippen LogP contribution < -0.4 is 0 Å². The second-order valence-corrected chi connectivity index (χ2v) is 10.3. The number of carboxylic acid groups (broad SMARTS) is 1. The summed E-state index contributed by atoms with van der Waals surface area (Å²) in [6.45, 7) is 9.15. The van der Waals surface area contributed by atoms with Crippen LogP contribution in [0.25, 0.3) is 0 Å². The fraction of sp³-hybridized carbons (Fsp3) is 0.773. The van der Waals surface area contributed by atoms with E-state index in [0.717, 1.165) is 19.3 Å². The van der Waals surface area contributed by atoms with Crippen molar-refractivity contribution < 1.29 is 24.6 Å². The first-order chi connectivity index (χ1) is 14.3. The number of likely N-dealkylation sites (tertiary alicyclic amines) is 1. The maximum Gasteiger partial charge on any atom is 0.308 e. The van der Waals surface area contributed by atoms with Gasteiger partial charge in [0, 0.05) is 31.5 Å². The SMILES string of the molecule is C=CCN(CCCCC)C(=O)C1N(CCCO)C(=O)[C@@H]2[C@@H](C(=O)O)[C@H]3CC(C)C12S3. The number of amides is 2. The lowest BCUT2D eigenvalue weighted by molar-refractivity contribution is -0.149. The number of hydrogen-bond acceptors (Lipinski definition) is 5. The summed E-state index contributed by atoms with van der Waals surface area (Å²) in [5.41, 5.74) is 0. The van der Waals surface area contributed by atoms with Gasteiger partial charge in [0.1, 0.15) is 6.04 Å². The van der Waals surface area contributed by atoms with E-state index in [2.05, 4.69) is 20.4 Å². The summed E-state index contributed by atoms with van der Waals surface area (Å²) in [5, 5.41) is 19.1. The van der Waals surface area contributed by atoms with Crippen molar-refractivity contribution in [3.05, 3.63) is 12.7 Å². The standard InChI is InChI=1S/C22H34N2O5S/c1-4-6-7-10-23(9-5-2)20(27)18-22-14(3)13-15(30-22)16(21(28)29)17(22)19(26)24(18)11-8-12-25/h5,14-18,25H,2,4,6-13H2,1,3H3,(H,28,29)/t14?,15-,16+,17+,18?,22?/m1/s1. The van der Waals surface area contributed by atoms with E-state index in [4.69, 9.17) is 0 Å². The van der Waals surface area contributed by atoms with Crippen LogP contribution in [0.5, 0.6) is 0 Å². The van der Waals surface area contributed by atoms with Gasteiger partial charge < -0.3 is 20.0 Å². The Kier molecular flexibility index (Phi) is 7.17. The highest BCUT2D eigenvalue weighted by Crippen LogP contribution is 2.68. The molecule has 3 fully saturated rings. The lowest BCUT2D eigenvalue weighted by Crippen LogP contribution is -2.57. The summed E-state index contributed by atoms with van der Waals surface area (Å²) in [4.78, 5) is 42.7. The van der Waals surface area contributed by atoms with Gasteiger partial charge in [-0.05, 0) is 25.2 Å². The number of aliphatic carboxylic acids is 1. The van der Waals surface area contributed by atoms with E-state index in [-0.39, 0.29) is 36.1 Å². The van der Waals surface area contributed by atoms with E-state index >= 15 is 0 Å². The molecule has 168 valence electrons. The summed E-state index contributed by atoms with van der Waals surface area (Å²) < 4.78 is -0.707. The highest BCUT2D eigenvalue weighted by atomic mass is 32.2. The smallest absolute Gasteiger partial charge is 0.308 e. The fourth-order valence-corrected chi connectivity index (χ4v) is 8.14. The molecule has 30 heavy (non-hydrogen) atoms. The molecule has 8 heteroatoms. The van der Waals surface area contributed by atoms with Crippen molar-refractivity contribution in [1.29, 1.82) is 0 Å². The largest absolute Gasteiger partial charge is 0.481 e. The van der Waals surface area contributed by atoms with Gasteiger partial charge in [0.25, 0.3) is 0 Å². The second-order valence-electron chi connectivity index (χ2n) is 8.78. The molecular weight excluding hydrogens is 404 g/mol. The lowest BCUT2D eigenvalue weighted by atomic mass is 9.66. The van der Waals surface area contributed by atoms with Crippen molar-refractivity contribution in [2.45, 2.75) is 62.0 Å². The van der Waals surface area contributed by atoms with Gasteiger partial charge in [0.2, 0.25) is 11.8 Å². The Morgan fingerprint density at radius 1 is 1.37 bits per heavy atom. The Labute approximate surface area is 182 Å². The minimum atomic E-state index is -0.944. The summed E-state index contributed by atoms with van der Waals surface area (Å²) in [6.07, 6.45) is 5.72. The summed E-state index contributed by atoms with van der Waals surface area (Å²) in [6, 6.07) is -0.683. The molecular formula is C22H34N2O5S. The predicted molar refractivity (Wildman–Crippen MR) is 116 cm³/mol. The van der Waals surface area contributed by atoms with Crippen LogP contribution in [-0.2, 0) is 14.4 Å². The molecule has 2 bridgehead atoms. The molecule has 0 aromatic carbocycles. The van der Waals surface area contributed by atoms with Crippen LogP contribution in [0.4, 0.5) is 0 Å². The van der Waals surface area contributed by atoms with Gasteiger partial charge in [-0.2, -0.15) is 0 Å². The van der Waals surface area contributed by atoms with Crippen LogP contribution in [0, 0.1) is 17.8 Å². The number of nitrogens with zero attached hydrogens (tertiary/aromatic N) is 2. The molecule has 0 aromatic heterocycles. The van der Waals surface area contributed by atoms with Crippen molar-refractivity contribution >= 4 is 29.5 Å². The number of hydrogen-bond donors (Lipinski definition) is 2. The van der Waals surface area contributed by atoms with Gasteiger partial charge in [-0.25, -0.2) is 0 Å². The van der Waals surface area contributed by atoms with E-state index in [9.17, 15) is 24.6 Å². The second kappa shape index (κ2) is 9.30. The van der Waals surface area contributed by atoms with Crippen molar-refractivity contribution in [2.24, 2.45) is 17.8 Å². The predicted octanol–water partition coefficient (Wildman–Crippen LogP) is 2.00. The molecule has 2 amide bonds. The number of carboxylic acids is 1. The van der Waals surface area contributed by atoms with Crippen molar-refractivity contribution in [1.82, 2.24) is 9.80 Å². The number of fused-ring (bicyclic) bond motifs is 1. The number of aliphatic hydroxyl groups excluding tert-OH is 1. The Morgan fingerprint density at radius 3 is 2.70 bits per heavy atom. The zero-order valence-electron chi connectivity index (χ0n) is 18.0. The zero-order chi connectivity index (χ0) is 22.1. The maximum absolute atomic E-state index is 13.9. The van der Waals surface area contributed by atoms with E-state index in [1.807, 2.05) is 0 Å². The van der Waals surface area contributed by atoms with Crippen LogP contribution in [-0.4, -0.2) is 80.1 Å². The van der Waals surface area contributed by atoms with Gasteiger partial charge in [0.05, 0.1) is 16.6 Å². The normalized spacial score (nSPS) is 34.3. The minimum absolute atomic E-state index is 0.0753. The number of unbranched alkanes of at least 4 members (excludes halogenated alkanes) is 2. The van der Waals surface area contributed by atoms with Crippen molar-refractivity contribution in [2.75, 3.05) is 26.2 Å². The van der Waals surface area contributed by atoms with Crippen molar-refractivity contribution in [3.63, 3.8) is 0 Å². The summed E-state index contributed by atoms with van der Waals surface area (Å²) in [5.74, 6) is -2.63. The van der Waals surface area contributed by atoms with Gasteiger partial charge in [-0.1, -0.05) is 32.8 Å². The zero-order valence-corrected chi connectivity index (χ0v) is 18.8. The highest BCUT2D eigenvalue weighted by molar-refractivity contribution is 8.02. The molecule has 7 nitrogen and oxygen atoms in total. The van der Waals surface area contributed by atoms with E-state index in [1.54, 1.807) is 27.6 Å². The third-order valence-electron chi connectivity index (χ3n) is 7.01. The first-order valence-electron chi connectivity index (χ1n) is 11.1. The third kappa shape index (κ3) is 3.55. The number of carbonyl (C=O) groups excluding carboxylic acids is 2. The van der Waals surface area contributed by atoms with Crippen LogP contribution in [0.3, 0.4) is 0 Å². The fourth-order valence-electron chi connectivity index (χ4n) is 5.74. The highest BCUT2D eigenvalue weighted by Gasteiger charge is 2.76. The number of thioether (sulfide) groups is 1. The molecule has 3 saturated heterocycles. The molecule has 3 unspecified atom stereocenters. The van der Waals surface area contributed by atoms with Gasteiger partial charge >= 0.3 is 5.97 Å². The minimum Gasteiger partial charge on any atom is -0.481 e. The Morgan fingerprint density at radius 2 is 2.10 bits per heavy atom. The first kappa shape index (κ1) is 23.1. The Balaban J connectivity index is 2.00. The maximum atomic E-state index is 13.9.